The van der Waals surface area contributed by atoms with Crippen LogP contribution >= 0.6 is 0 Å². The van der Waals surface area contributed by atoms with E-state index in [1.165, 1.54) is 16.4 Å². The van der Waals surface area contributed by atoms with Gasteiger partial charge in [0.1, 0.15) is 5.82 Å². The van der Waals surface area contributed by atoms with Crippen molar-refractivity contribution in [2.24, 2.45) is 0 Å². The third kappa shape index (κ3) is 5.05. The van der Waals surface area contributed by atoms with Gasteiger partial charge >= 0.3 is 0 Å². The molecule has 0 bridgehead atoms. The lowest BCUT2D eigenvalue weighted by molar-refractivity contribution is 0.451. The highest BCUT2D eigenvalue weighted by atomic mass is 32.2. The SMILES string of the molecule is CN(CCCCCc1cc(-c2ccccc2)n[nH]1)S(=O)(=O)c1ccc(F)cc1. The summed E-state index contributed by atoms with van der Waals surface area (Å²) < 4.78 is 39.2. The molecule has 1 N–H and O–H groups in total. The Hall–Kier alpha value is -2.51. The van der Waals surface area contributed by atoms with Gasteiger partial charge in [-0.2, -0.15) is 5.10 Å². The summed E-state index contributed by atoms with van der Waals surface area (Å²) in [5, 5.41) is 7.41. The molecule has 0 saturated carbocycles. The summed E-state index contributed by atoms with van der Waals surface area (Å²) >= 11 is 0. The van der Waals surface area contributed by atoms with E-state index in [9.17, 15) is 12.8 Å². The second kappa shape index (κ2) is 9.12. The Morgan fingerprint density at radius 3 is 2.43 bits per heavy atom. The van der Waals surface area contributed by atoms with Crippen LogP contribution in [0.15, 0.2) is 65.6 Å². The molecule has 7 heteroatoms. The molecule has 0 atom stereocenters. The van der Waals surface area contributed by atoms with Gasteiger partial charge in [0.25, 0.3) is 0 Å². The first-order valence-corrected chi connectivity index (χ1v) is 10.7. The molecule has 0 aliphatic rings. The second-order valence-corrected chi connectivity index (χ2v) is 8.78. The minimum absolute atomic E-state index is 0.113. The first kappa shape index (κ1) is 20.2. The smallest absolute Gasteiger partial charge is 0.242 e. The summed E-state index contributed by atoms with van der Waals surface area (Å²) in [5.41, 5.74) is 3.09. The quantitative estimate of drug-likeness (QED) is 0.545. The molecule has 0 fully saturated rings. The number of halogens is 1. The Morgan fingerprint density at radius 2 is 1.71 bits per heavy atom. The Kier molecular flexibility index (Phi) is 6.59. The van der Waals surface area contributed by atoms with Crippen LogP contribution in [0, 0.1) is 5.82 Å². The van der Waals surface area contributed by atoms with Crippen LogP contribution in [0.4, 0.5) is 4.39 Å². The van der Waals surface area contributed by atoms with Crippen molar-refractivity contribution in [1.29, 1.82) is 0 Å². The molecular weight excluding hydrogens is 377 g/mol. The van der Waals surface area contributed by atoms with Crippen LogP contribution in [0.3, 0.4) is 0 Å². The van der Waals surface area contributed by atoms with Gasteiger partial charge in [-0.1, -0.05) is 36.8 Å². The largest absolute Gasteiger partial charge is 0.282 e. The monoisotopic (exact) mass is 401 g/mol. The average molecular weight is 402 g/mol. The van der Waals surface area contributed by atoms with Gasteiger partial charge in [0.05, 0.1) is 10.6 Å². The van der Waals surface area contributed by atoms with Gasteiger partial charge in [-0.25, -0.2) is 17.1 Å². The number of benzene rings is 2. The van der Waals surface area contributed by atoms with Crippen molar-refractivity contribution in [3.05, 3.63) is 72.2 Å². The molecule has 0 aliphatic carbocycles. The van der Waals surface area contributed by atoms with Crippen LogP contribution in [0.5, 0.6) is 0 Å². The Labute approximate surface area is 165 Å². The van der Waals surface area contributed by atoms with Gasteiger partial charge in [0, 0.05) is 24.8 Å². The molecule has 0 radical (unpaired) electrons. The summed E-state index contributed by atoms with van der Waals surface area (Å²) in [6.45, 7) is 0.429. The summed E-state index contributed by atoms with van der Waals surface area (Å²) in [6, 6.07) is 17.0. The second-order valence-electron chi connectivity index (χ2n) is 6.74. The van der Waals surface area contributed by atoms with E-state index < -0.39 is 15.8 Å². The fourth-order valence-electron chi connectivity index (χ4n) is 2.98. The van der Waals surface area contributed by atoms with Gasteiger partial charge in [0.15, 0.2) is 0 Å². The third-order valence-corrected chi connectivity index (χ3v) is 6.51. The van der Waals surface area contributed by atoms with E-state index in [1.54, 1.807) is 7.05 Å². The van der Waals surface area contributed by atoms with Crippen molar-refractivity contribution in [3.8, 4) is 11.3 Å². The number of hydrogen-bond donors (Lipinski definition) is 1. The highest BCUT2D eigenvalue weighted by molar-refractivity contribution is 7.89. The highest BCUT2D eigenvalue weighted by Gasteiger charge is 2.20. The minimum atomic E-state index is -3.57. The molecule has 0 aliphatic heterocycles. The van der Waals surface area contributed by atoms with E-state index in [0.717, 1.165) is 54.8 Å². The number of nitrogens with one attached hydrogen (secondary N) is 1. The van der Waals surface area contributed by atoms with Crippen molar-refractivity contribution in [2.45, 2.75) is 30.6 Å². The van der Waals surface area contributed by atoms with Crippen molar-refractivity contribution >= 4 is 10.0 Å². The van der Waals surface area contributed by atoms with Crippen LogP contribution in [-0.2, 0) is 16.4 Å². The number of rotatable bonds is 9. The van der Waals surface area contributed by atoms with Crippen molar-refractivity contribution in [2.75, 3.05) is 13.6 Å². The molecule has 5 nitrogen and oxygen atoms in total. The molecule has 0 spiro atoms. The predicted molar refractivity (Wildman–Crippen MR) is 108 cm³/mol. The van der Waals surface area contributed by atoms with Gasteiger partial charge in [-0.15, -0.1) is 0 Å². The number of nitrogens with zero attached hydrogens (tertiary/aromatic N) is 2. The third-order valence-electron chi connectivity index (χ3n) is 4.64. The molecule has 2 aromatic carbocycles. The first-order chi connectivity index (χ1) is 13.5. The number of sulfonamides is 1. The molecule has 3 aromatic rings. The Morgan fingerprint density at radius 1 is 1.00 bits per heavy atom. The summed E-state index contributed by atoms with van der Waals surface area (Å²) in [7, 11) is -2.02. The lowest BCUT2D eigenvalue weighted by atomic mass is 10.1. The number of H-pyrrole nitrogens is 1. The van der Waals surface area contributed by atoms with Gasteiger partial charge in [-0.05, 0) is 49.6 Å². The van der Waals surface area contributed by atoms with Crippen LogP contribution in [0.1, 0.15) is 25.0 Å². The zero-order valence-electron chi connectivity index (χ0n) is 15.8. The maximum Gasteiger partial charge on any atom is 0.242 e. The molecule has 28 heavy (non-hydrogen) atoms. The standard InChI is InChI=1S/C21H24FN3O2S/c1-25(28(26,27)20-13-11-18(22)12-14-20)15-7-3-6-10-19-16-21(24-23-19)17-8-4-2-5-9-17/h2,4-5,8-9,11-14,16H,3,6-7,10,15H2,1H3,(H,23,24). The van der Waals surface area contributed by atoms with Crippen LogP contribution < -0.4 is 0 Å². The molecule has 148 valence electrons. The summed E-state index contributed by atoms with van der Waals surface area (Å²) in [6.07, 6.45) is 3.48. The van der Waals surface area contributed by atoms with Crippen molar-refractivity contribution in [3.63, 3.8) is 0 Å². The average Bonchev–Trinajstić information content (AvgIpc) is 3.17. The molecule has 3 rings (SSSR count). The molecule has 0 saturated heterocycles. The zero-order valence-corrected chi connectivity index (χ0v) is 16.6. The summed E-state index contributed by atoms with van der Waals surface area (Å²) in [4.78, 5) is 0.113. The number of unbranched alkanes of at least 4 members (excludes halogenated alkanes) is 2. The van der Waals surface area contributed by atoms with E-state index in [0.29, 0.717) is 6.54 Å². The van der Waals surface area contributed by atoms with E-state index in [-0.39, 0.29) is 4.90 Å². The molecule has 0 unspecified atom stereocenters. The van der Waals surface area contributed by atoms with E-state index in [2.05, 4.69) is 16.3 Å². The van der Waals surface area contributed by atoms with Gasteiger partial charge < -0.3 is 0 Å². The van der Waals surface area contributed by atoms with E-state index >= 15 is 0 Å². The normalized spacial score (nSPS) is 11.8. The molecule has 1 heterocycles. The van der Waals surface area contributed by atoms with E-state index in [1.807, 2.05) is 30.3 Å². The number of hydrogen-bond acceptors (Lipinski definition) is 3. The lowest BCUT2D eigenvalue weighted by Crippen LogP contribution is -2.28. The van der Waals surface area contributed by atoms with Gasteiger partial charge in [-0.3, -0.25) is 5.10 Å². The van der Waals surface area contributed by atoms with Crippen LogP contribution in [0.2, 0.25) is 0 Å². The predicted octanol–water partition coefficient (Wildman–Crippen LogP) is 4.25. The molecular formula is C21H24FN3O2S. The fraction of sp³-hybridized carbons (Fsp3) is 0.286. The topological polar surface area (TPSA) is 66.1 Å². The number of aryl methyl sites for hydroxylation is 1. The molecule has 1 aromatic heterocycles. The Bertz CT molecular complexity index is 986. The summed E-state index contributed by atoms with van der Waals surface area (Å²) in [5.74, 6) is -0.448. The van der Waals surface area contributed by atoms with Crippen molar-refractivity contribution in [1.82, 2.24) is 14.5 Å². The minimum Gasteiger partial charge on any atom is -0.282 e. The van der Waals surface area contributed by atoms with Crippen molar-refractivity contribution < 1.29 is 12.8 Å². The zero-order chi connectivity index (χ0) is 20.0. The maximum absolute atomic E-state index is 13.0. The lowest BCUT2D eigenvalue weighted by Gasteiger charge is -2.17. The fourth-order valence-corrected chi connectivity index (χ4v) is 4.19. The first-order valence-electron chi connectivity index (χ1n) is 9.28. The van der Waals surface area contributed by atoms with Crippen LogP contribution in [0.25, 0.3) is 11.3 Å². The van der Waals surface area contributed by atoms with Crippen LogP contribution in [-0.4, -0.2) is 36.5 Å². The number of aromatic nitrogens is 2. The van der Waals surface area contributed by atoms with E-state index in [4.69, 9.17) is 0 Å². The van der Waals surface area contributed by atoms with Gasteiger partial charge in [0.2, 0.25) is 10.0 Å². The Balaban J connectivity index is 1.43. The highest BCUT2D eigenvalue weighted by Crippen LogP contribution is 2.18. The molecule has 0 amide bonds. The number of aromatic amines is 1. The maximum atomic E-state index is 13.0.